The molecular formula is C12H25N3O2. The van der Waals surface area contributed by atoms with Crippen molar-refractivity contribution in [2.75, 3.05) is 65.6 Å². The van der Waals surface area contributed by atoms with Gasteiger partial charge in [0, 0.05) is 39.3 Å². The lowest BCUT2D eigenvalue weighted by Gasteiger charge is -2.30. The maximum atomic E-state index is 10.1. The smallest absolute Gasteiger partial charge is 0.0793 e. The largest absolute Gasteiger partial charge is 0.390 e. The molecule has 2 heterocycles. The summed E-state index contributed by atoms with van der Waals surface area (Å²) < 4.78 is 5.31. The average Bonchev–Trinajstić information content (AvgIpc) is 2.59. The van der Waals surface area contributed by atoms with Crippen LogP contribution in [-0.4, -0.2) is 86.6 Å². The first kappa shape index (κ1) is 13.2. The fourth-order valence-corrected chi connectivity index (χ4v) is 2.52. The third-order valence-electron chi connectivity index (χ3n) is 3.47. The maximum Gasteiger partial charge on any atom is 0.0793 e. The van der Waals surface area contributed by atoms with Crippen molar-refractivity contribution in [2.45, 2.75) is 12.5 Å². The molecule has 0 amide bonds. The topological polar surface area (TPSA) is 48.0 Å². The van der Waals surface area contributed by atoms with E-state index in [2.05, 4.69) is 15.1 Å². The van der Waals surface area contributed by atoms with Crippen LogP contribution in [0.15, 0.2) is 0 Å². The minimum absolute atomic E-state index is 0.230. The van der Waals surface area contributed by atoms with E-state index in [1.807, 2.05) is 0 Å². The lowest BCUT2D eigenvalue weighted by Crippen LogP contribution is -2.45. The van der Waals surface area contributed by atoms with Gasteiger partial charge in [0.1, 0.15) is 0 Å². The summed E-state index contributed by atoms with van der Waals surface area (Å²) in [5.74, 6) is 0. The van der Waals surface area contributed by atoms with E-state index in [4.69, 9.17) is 4.74 Å². The van der Waals surface area contributed by atoms with Gasteiger partial charge in [-0.05, 0) is 19.5 Å². The molecule has 5 heteroatoms. The van der Waals surface area contributed by atoms with E-state index in [9.17, 15) is 5.11 Å². The number of ether oxygens (including phenoxy) is 1. The molecule has 0 aromatic rings. The molecule has 0 radical (unpaired) electrons. The summed E-state index contributed by atoms with van der Waals surface area (Å²) in [4.78, 5) is 4.66. The highest BCUT2D eigenvalue weighted by Gasteiger charge is 2.17. The fourth-order valence-electron chi connectivity index (χ4n) is 2.52. The van der Waals surface area contributed by atoms with Crippen LogP contribution in [0.5, 0.6) is 0 Å². The quantitative estimate of drug-likeness (QED) is 0.661. The number of nitrogens with one attached hydrogen (secondary N) is 1. The van der Waals surface area contributed by atoms with Crippen molar-refractivity contribution in [1.82, 2.24) is 15.1 Å². The molecule has 2 saturated heterocycles. The SMILES string of the molecule is O[C@H](CN1CCCNCC1)CN1CCOCC1. The Kier molecular flexibility index (Phi) is 5.67. The molecule has 2 rings (SSSR count). The molecule has 2 N–H and O–H groups in total. The molecule has 0 spiro atoms. The minimum atomic E-state index is -0.230. The van der Waals surface area contributed by atoms with Gasteiger partial charge in [0.25, 0.3) is 0 Å². The molecule has 0 aromatic heterocycles. The summed E-state index contributed by atoms with van der Waals surface area (Å²) >= 11 is 0. The van der Waals surface area contributed by atoms with E-state index in [1.165, 1.54) is 6.42 Å². The van der Waals surface area contributed by atoms with E-state index in [1.54, 1.807) is 0 Å². The molecule has 2 aliphatic rings. The van der Waals surface area contributed by atoms with Gasteiger partial charge in [-0.25, -0.2) is 0 Å². The van der Waals surface area contributed by atoms with E-state index < -0.39 is 0 Å². The second kappa shape index (κ2) is 7.28. The molecule has 2 fully saturated rings. The molecule has 0 unspecified atom stereocenters. The van der Waals surface area contributed by atoms with Gasteiger partial charge in [0.15, 0.2) is 0 Å². The number of rotatable bonds is 4. The summed E-state index contributed by atoms with van der Waals surface area (Å²) in [6, 6.07) is 0. The molecule has 0 aliphatic carbocycles. The molecule has 100 valence electrons. The molecule has 0 saturated carbocycles. The van der Waals surface area contributed by atoms with Gasteiger partial charge in [-0.1, -0.05) is 0 Å². The van der Waals surface area contributed by atoms with Crippen LogP contribution in [0, 0.1) is 0 Å². The molecule has 1 atom stereocenters. The number of hydrogen-bond acceptors (Lipinski definition) is 5. The van der Waals surface area contributed by atoms with Gasteiger partial charge in [-0.2, -0.15) is 0 Å². The summed E-state index contributed by atoms with van der Waals surface area (Å²) in [5, 5.41) is 13.5. The van der Waals surface area contributed by atoms with Gasteiger partial charge < -0.3 is 15.2 Å². The van der Waals surface area contributed by atoms with Crippen molar-refractivity contribution < 1.29 is 9.84 Å². The van der Waals surface area contributed by atoms with Gasteiger partial charge in [0.2, 0.25) is 0 Å². The lowest BCUT2D eigenvalue weighted by atomic mass is 10.2. The van der Waals surface area contributed by atoms with Gasteiger partial charge >= 0.3 is 0 Å². The number of β-amino-alcohol motifs (C(OH)–C–C–N with tert-alkyl or cyclic N) is 1. The zero-order valence-electron chi connectivity index (χ0n) is 10.6. The van der Waals surface area contributed by atoms with Crippen LogP contribution in [0.3, 0.4) is 0 Å². The van der Waals surface area contributed by atoms with Crippen LogP contribution in [-0.2, 0) is 4.74 Å². The molecular weight excluding hydrogens is 218 g/mol. The van der Waals surface area contributed by atoms with Gasteiger partial charge in [-0.15, -0.1) is 0 Å². The van der Waals surface area contributed by atoms with Crippen molar-refractivity contribution in [3.8, 4) is 0 Å². The zero-order valence-corrected chi connectivity index (χ0v) is 10.6. The van der Waals surface area contributed by atoms with E-state index in [-0.39, 0.29) is 6.10 Å². The Balaban J connectivity index is 1.66. The van der Waals surface area contributed by atoms with Crippen LogP contribution in [0.4, 0.5) is 0 Å². The Labute approximate surface area is 104 Å². The Hall–Kier alpha value is -0.200. The summed E-state index contributed by atoms with van der Waals surface area (Å²) in [7, 11) is 0. The lowest BCUT2D eigenvalue weighted by molar-refractivity contribution is 0.00739. The number of aliphatic hydroxyl groups is 1. The highest BCUT2D eigenvalue weighted by molar-refractivity contribution is 4.73. The third-order valence-corrected chi connectivity index (χ3v) is 3.47. The monoisotopic (exact) mass is 243 g/mol. The average molecular weight is 243 g/mol. The first-order chi connectivity index (χ1) is 8.34. The van der Waals surface area contributed by atoms with Crippen LogP contribution in [0.1, 0.15) is 6.42 Å². The van der Waals surface area contributed by atoms with Crippen molar-refractivity contribution in [2.24, 2.45) is 0 Å². The Morgan fingerprint density at radius 1 is 1.00 bits per heavy atom. The summed E-state index contributed by atoms with van der Waals surface area (Å²) in [5.41, 5.74) is 0. The highest BCUT2D eigenvalue weighted by atomic mass is 16.5. The predicted molar refractivity (Wildman–Crippen MR) is 67.2 cm³/mol. The maximum absolute atomic E-state index is 10.1. The van der Waals surface area contributed by atoms with Crippen molar-refractivity contribution in [1.29, 1.82) is 0 Å². The standard InChI is InChI=1S/C12H25N3O2/c16-12(11-15-6-8-17-9-7-15)10-14-4-1-2-13-3-5-14/h12-13,16H,1-11H2/t12-/m1/s1. The van der Waals surface area contributed by atoms with Crippen LogP contribution in [0.2, 0.25) is 0 Å². The molecule has 17 heavy (non-hydrogen) atoms. The number of nitrogens with zero attached hydrogens (tertiary/aromatic N) is 2. The van der Waals surface area contributed by atoms with Crippen LogP contribution in [0.25, 0.3) is 0 Å². The third kappa shape index (κ3) is 4.89. The molecule has 5 nitrogen and oxygen atoms in total. The Morgan fingerprint density at radius 2 is 1.71 bits per heavy atom. The molecule has 0 bridgehead atoms. The van der Waals surface area contributed by atoms with Crippen molar-refractivity contribution in [3.63, 3.8) is 0 Å². The number of morpholine rings is 1. The van der Waals surface area contributed by atoms with E-state index in [0.29, 0.717) is 0 Å². The first-order valence-corrected chi connectivity index (χ1v) is 6.76. The predicted octanol–water partition coefficient (Wildman–Crippen LogP) is -1.03. The van der Waals surface area contributed by atoms with E-state index in [0.717, 1.165) is 65.6 Å². The van der Waals surface area contributed by atoms with Crippen LogP contribution >= 0.6 is 0 Å². The van der Waals surface area contributed by atoms with Crippen molar-refractivity contribution in [3.05, 3.63) is 0 Å². The van der Waals surface area contributed by atoms with Gasteiger partial charge in [-0.3, -0.25) is 9.80 Å². The van der Waals surface area contributed by atoms with Crippen LogP contribution < -0.4 is 5.32 Å². The van der Waals surface area contributed by atoms with Crippen molar-refractivity contribution >= 4 is 0 Å². The Morgan fingerprint density at radius 3 is 2.47 bits per heavy atom. The second-order valence-corrected chi connectivity index (χ2v) is 4.97. The summed E-state index contributed by atoms with van der Waals surface area (Å²) in [6.45, 7) is 9.43. The second-order valence-electron chi connectivity index (χ2n) is 4.97. The Bertz CT molecular complexity index is 202. The highest BCUT2D eigenvalue weighted by Crippen LogP contribution is 2.02. The van der Waals surface area contributed by atoms with Gasteiger partial charge in [0.05, 0.1) is 19.3 Å². The first-order valence-electron chi connectivity index (χ1n) is 6.76. The zero-order chi connectivity index (χ0) is 11.9. The number of aliphatic hydroxyl groups excluding tert-OH is 1. The molecule has 0 aromatic carbocycles. The fraction of sp³-hybridized carbons (Fsp3) is 1.00. The summed E-state index contributed by atoms with van der Waals surface area (Å²) in [6.07, 6.45) is 0.954. The van der Waals surface area contributed by atoms with E-state index >= 15 is 0 Å². The normalized spacial score (nSPS) is 26.6. The molecule has 2 aliphatic heterocycles. The number of hydrogen-bond donors (Lipinski definition) is 2. The minimum Gasteiger partial charge on any atom is -0.390 e.